The van der Waals surface area contributed by atoms with E-state index in [0.29, 0.717) is 24.6 Å². The fraction of sp³-hybridized carbons (Fsp3) is 0.462. The van der Waals surface area contributed by atoms with Gasteiger partial charge in [0.1, 0.15) is 16.8 Å². The number of imidazole rings is 1. The van der Waals surface area contributed by atoms with Crippen molar-refractivity contribution in [2.24, 2.45) is 7.05 Å². The van der Waals surface area contributed by atoms with Crippen LogP contribution in [0.4, 0.5) is 5.13 Å². The van der Waals surface area contributed by atoms with Gasteiger partial charge in [-0.1, -0.05) is 22.9 Å². The van der Waals surface area contributed by atoms with Crippen LogP contribution < -0.4 is 4.90 Å². The molecule has 0 spiro atoms. The van der Waals surface area contributed by atoms with Crippen LogP contribution in [-0.4, -0.2) is 34.2 Å². The molecule has 0 unspecified atom stereocenters. The van der Waals surface area contributed by atoms with Crippen molar-refractivity contribution in [1.29, 1.82) is 5.26 Å². The molecule has 2 aromatic rings. The van der Waals surface area contributed by atoms with E-state index in [0.717, 1.165) is 11.0 Å². The van der Waals surface area contributed by atoms with Crippen LogP contribution in [0.5, 0.6) is 0 Å². The minimum absolute atomic E-state index is 0.267. The van der Waals surface area contributed by atoms with Crippen molar-refractivity contribution < 1.29 is 4.74 Å². The van der Waals surface area contributed by atoms with Crippen LogP contribution in [0.1, 0.15) is 17.6 Å². The zero-order valence-electron chi connectivity index (χ0n) is 11.7. The maximum absolute atomic E-state index is 8.96. The van der Waals surface area contributed by atoms with E-state index in [1.807, 2.05) is 24.7 Å². The molecular formula is C13H14ClN5OS. The predicted octanol–water partition coefficient (Wildman–Crippen LogP) is 2.15. The number of hydrogen-bond acceptors (Lipinski definition) is 6. The largest absolute Gasteiger partial charge is 0.364 e. The molecule has 6 nitrogen and oxygen atoms in total. The molecule has 8 heteroatoms. The fourth-order valence-corrected chi connectivity index (χ4v) is 3.62. The molecule has 0 saturated carbocycles. The third-order valence-electron chi connectivity index (χ3n) is 3.49. The first-order chi connectivity index (χ1) is 10.1. The lowest BCUT2D eigenvalue weighted by molar-refractivity contribution is -0.0730. The lowest BCUT2D eigenvalue weighted by Crippen LogP contribution is -2.62. The van der Waals surface area contributed by atoms with Gasteiger partial charge < -0.3 is 14.2 Å². The van der Waals surface area contributed by atoms with Gasteiger partial charge in [-0.15, -0.1) is 0 Å². The maximum atomic E-state index is 8.96. The number of aryl methyl sites for hydroxylation is 1. The van der Waals surface area contributed by atoms with Crippen LogP contribution in [0.3, 0.4) is 0 Å². The lowest BCUT2D eigenvalue weighted by Gasteiger charge is -2.48. The number of halogens is 1. The summed E-state index contributed by atoms with van der Waals surface area (Å²) in [6, 6.07) is 2.05. The van der Waals surface area contributed by atoms with Crippen molar-refractivity contribution in [1.82, 2.24) is 14.5 Å². The number of nitriles is 1. The summed E-state index contributed by atoms with van der Waals surface area (Å²) in [6.07, 6.45) is 3.68. The SMILES string of the molecule is CCOC1(c2nccn2C)CN(c2nc(Cl)c(C#N)s2)C1. The van der Waals surface area contributed by atoms with E-state index < -0.39 is 5.60 Å². The van der Waals surface area contributed by atoms with Gasteiger partial charge in [-0.25, -0.2) is 9.97 Å². The Hall–Kier alpha value is -1.62. The highest BCUT2D eigenvalue weighted by Crippen LogP contribution is 2.40. The molecule has 0 atom stereocenters. The molecule has 0 N–H and O–H groups in total. The molecule has 1 saturated heterocycles. The molecule has 3 heterocycles. The first-order valence-electron chi connectivity index (χ1n) is 6.53. The fourth-order valence-electron chi connectivity index (χ4n) is 2.58. The zero-order chi connectivity index (χ0) is 15.0. The quantitative estimate of drug-likeness (QED) is 0.862. The van der Waals surface area contributed by atoms with Crippen molar-refractivity contribution in [3.8, 4) is 6.07 Å². The number of anilines is 1. The standard InChI is InChI=1S/C13H14ClN5OS/c1-3-20-13(11-16-4-5-18(11)2)7-19(8-13)12-17-10(14)9(6-15)21-12/h4-5H,3,7-8H2,1-2H3. The smallest absolute Gasteiger partial charge is 0.188 e. The van der Waals surface area contributed by atoms with Gasteiger partial charge in [0.05, 0.1) is 13.1 Å². The molecular weight excluding hydrogens is 310 g/mol. The van der Waals surface area contributed by atoms with E-state index >= 15 is 0 Å². The van der Waals surface area contributed by atoms with Gasteiger partial charge in [0.2, 0.25) is 0 Å². The van der Waals surface area contributed by atoms with Gasteiger partial charge in [-0.3, -0.25) is 0 Å². The van der Waals surface area contributed by atoms with Crippen LogP contribution in [0.25, 0.3) is 0 Å². The summed E-state index contributed by atoms with van der Waals surface area (Å²) >= 11 is 7.23. The van der Waals surface area contributed by atoms with Gasteiger partial charge in [-0.2, -0.15) is 5.26 Å². The Morgan fingerprint density at radius 2 is 2.33 bits per heavy atom. The van der Waals surface area contributed by atoms with Crippen molar-refractivity contribution >= 4 is 28.1 Å². The monoisotopic (exact) mass is 323 g/mol. The lowest BCUT2D eigenvalue weighted by atomic mass is 9.93. The highest BCUT2D eigenvalue weighted by atomic mass is 35.5. The molecule has 0 amide bonds. The minimum atomic E-state index is -0.419. The van der Waals surface area contributed by atoms with Crippen LogP contribution in [0, 0.1) is 11.3 Å². The van der Waals surface area contributed by atoms with Crippen molar-refractivity contribution in [3.63, 3.8) is 0 Å². The van der Waals surface area contributed by atoms with Gasteiger partial charge in [0.15, 0.2) is 15.9 Å². The second-order valence-electron chi connectivity index (χ2n) is 4.87. The summed E-state index contributed by atoms with van der Waals surface area (Å²) in [5.74, 6) is 0.906. The van der Waals surface area contributed by atoms with Crippen LogP contribution in [-0.2, 0) is 17.4 Å². The average Bonchev–Trinajstić information content (AvgIpc) is 3.00. The first-order valence-corrected chi connectivity index (χ1v) is 7.72. The van der Waals surface area contributed by atoms with Gasteiger partial charge in [0.25, 0.3) is 0 Å². The predicted molar refractivity (Wildman–Crippen MR) is 80.6 cm³/mol. The summed E-state index contributed by atoms with van der Waals surface area (Å²) in [5.41, 5.74) is -0.419. The van der Waals surface area contributed by atoms with E-state index in [1.165, 1.54) is 11.3 Å². The summed E-state index contributed by atoms with van der Waals surface area (Å²) in [7, 11) is 1.96. The van der Waals surface area contributed by atoms with Crippen LogP contribution in [0.2, 0.25) is 5.15 Å². The Balaban J connectivity index is 1.83. The summed E-state index contributed by atoms with van der Waals surface area (Å²) in [5, 5.41) is 9.98. The number of nitrogens with zero attached hydrogens (tertiary/aromatic N) is 5. The van der Waals surface area contributed by atoms with Gasteiger partial charge in [0, 0.05) is 26.0 Å². The molecule has 2 aromatic heterocycles. The maximum Gasteiger partial charge on any atom is 0.188 e. The van der Waals surface area contributed by atoms with E-state index in [4.69, 9.17) is 21.6 Å². The average molecular weight is 324 g/mol. The van der Waals surface area contributed by atoms with Gasteiger partial charge >= 0.3 is 0 Å². The Kier molecular flexibility index (Phi) is 3.61. The van der Waals surface area contributed by atoms with Crippen LogP contribution >= 0.6 is 22.9 Å². The van der Waals surface area contributed by atoms with E-state index in [2.05, 4.69) is 20.9 Å². The molecule has 1 fully saturated rings. The molecule has 21 heavy (non-hydrogen) atoms. The Bertz CT molecular complexity index is 698. The molecule has 0 aromatic carbocycles. The van der Waals surface area contributed by atoms with E-state index in [9.17, 15) is 0 Å². The number of rotatable bonds is 4. The van der Waals surface area contributed by atoms with Crippen molar-refractivity contribution in [3.05, 3.63) is 28.2 Å². The normalized spacial score (nSPS) is 16.6. The van der Waals surface area contributed by atoms with E-state index in [1.54, 1.807) is 6.20 Å². The second kappa shape index (κ2) is 5.30. The van der Waals surface area contributed by atoms with Crippen molar-refractivity contribution in [2.75, 3.05) is 24.6 Å². The molecule has 1 aliphatic rings. The Morgan fingerprint density at radius 1 is 1.57 bits per heavy atom. The van der Waals surface area contributed by atoms with E-state index in [-0.39, 0.29) is 5.15 Å². The number of thiazole rings is 1. The summed E-state index contributed by atoms with van der Waals surface area (Å²) in [4.78, 5) is 11.1. The van der Waals surface area contributed by atoms with Crippen molar-refractivity contribution in [2.45, 2.75) is 12.5 Å². The van der Waals surface area contributed by atoms with Gasteiger partial charge in [-0.05, 0) is 6.92 Å². The number of hydrogen-bond donors (Lipinski definition) is 0. The highest BCUT2D eigenvalue weighted by molar-refractivity contribution is 7.16. The molecule has 0 aliphatic carbocycles. The highest BCUT2D eigenvalue weighted by Gasteiger charge is 2.49. The molecule has 1 aliphatic heterocycles. The number of aromatic nitrogens is 3. The Labute approximate surface area is 131 Å². The first kappa shape index (κ1) is 14.3. The third kappa shape index (κ3) is 2.29. The number of ether oxygens (including phenoxy) is 1. The minimum Gasteiger partial charge on any atom is -0.364 e. The van der Waals surface area contributed by atoms with Crippen LogP contribution in [0.15, 0.2) is 12.4 Å². The molecule has 110 valence electrons. The summed E-state index contributed by atoms with van der Waals surface area (Å²) in [6.45, 7) is 3.89. The molecule has 0 bridgehead atoms. The molecule has 3 rings (SSSR count). The molecule has 0 radical (unpaired) electrons. The zero-order valence-corrected chi connectivity index (χ0v) is 13.3. The second-order valence-corrected chi connectivity index (χ2v) is 6.21. The topological polar surface area (TPSA) is 67.0 Å². The summed E-state index contributed by atoms with van der Waals surface area (Å²) < 4.78 is 7.93. The third-order valence-corrected chi connectivity index (χ3v) is 4.89. The Morgan fingerprint density at radius 3 is 2.86 bits per heavy atom.